The summed E-state index contributed by atoms with van der Waals surface area (Å²) < 4.78 is 5.64. The van der Waals surface area contributed by atoms with E-state index in [1.807, 2.05) is 0 Å². The Labute approximate surface area is 118 Å². The van der Waals surface area contributed by atoms with Crippen LogP contribution >= 0.6 is 15.9 Å². The van der Waals surface area contributed by atoms with Crippen LogP contribution in [0.15, 0.2) is 40.1 Å². The van der Waals surface area contributed by atoms with Crippen LogP contribution in [0.3, 0.4) is 0 Å². The smallest absolute Gasteiger partial charge is 0.347 e. The van der Waals surface area contributed by atoms with Gasteiger partial charge in [-0.3, -0.25) is 4.79 Å². The Morgan fingerprint density at radius 1 is 1.42 bits per heavy atom. The third-order valence-corrected chi connectivity index (χ3v) is 3.20. The van der Waals surface area contributed by atoms with Crippen molar-refractivity contribution in [2.45, 2.75) is 6.92 Å². The normalized spacial score (nSPS) is 15.1. The number of benzene rings is 1. The Balaban J connectivity index is 2.24. The molecule has 1 heterocycles. The second-order valence-electron chi connectivity index (χ2n) is 3.91. The fourth-order valence-electron chi connectivity index (χ4n) is 1.80. The van der Waals surface area contributed by atoms with Crippen molar-refractivity contribution in [2.24, 2.45) is 0 Å². The van der Waals surface area contributed by atoms with Gasteiger partial charge in [0.2, 0.25) is 0 Å². The van der Waals surface area contributed by atoms with Crippen molar-refractivity contribution in [3.63, 3.8) is 0 Å². The largest absolute Gasteiger partial charge is 0.509 e. The minimum atomic E-state index is -0.787. The molecule has 0 atom stereocenters. The summed E-state index contributed by atoms with van der Waals surface area (Å²) in [7, 11) is 0. The Morgan fingerprint density at radius 3 is 2.63 bits per heavy atom. The molecule has 6 heteroatoms. The van der Waals surface area contributed by atoms with Gasteiger partial charge in [-0.05, 0) is 31.2 Å². The van der Waals surface area contributed by atoms with Gasteiger partial charge in [-0.1, -0.05) is 15.9 Å². The second kappa shape index (κ2) is 5.44. The van der Waals surface area contributed by atoms with E-state index in [1.165, 1.54) is 4.90 Å². The van der Waals surface area contributed by atoms with Crippen LogP contribution in [-0.4, -0.2) is 30.1 Å². The maximum absolute atomic E-state index is 12.1. The van der Waals surface area contributed by atoms with Gasteiger partial charge in [0.05, 0.1) is 13.2 Å². The molecule has 1 amide bonds. The number of ether oxygens (including phenoxy) is 1. The van der Waals surface area contributed by atoms with E-state index in [9.17, 15) is 14.7 Å². The van der Waals surface area contributed by atoms with E-state index in [0.29, 0.717) is 5.69 Å². The molecule has 1 aliphatic heterocycles. The molecule has 1 aliphatic rings. The SMILES string of the molecule is CCOC(=O)C1=C(O)CN(c2ccc(Br)cc2)C1=O. The molecule has 0 fully saturated rings. The molecule has 0 unspecified atom stereocenters. The van der Waals surface area contributed by atoms with E-state index >= 15 is 0 Å². The van der Waals surface area contributed by atoms with E-state index < -0.39 is 11.9 Å². The summed E-state index contributed by atoms with van der Waals surface area (Å²) in [6.45, 7) is 1.78. The zero-order chi connectivity index (χ0) is 14.0. The molecular formula is C13H12BrNO4. The highest BCUT2D eigenvalue weighted by molar-refractivity contribution is 9.10. The molecule has 1 aromatic rings. The first kappa shape index (κ1) is 13.6. The number of hydrogen-bond donors (Lipinski definition) is 1. The van der Waals surface area contributed by atoms with Gasteiger partial charge in [0.1, 0.15) is 5.76 Å². The Bertz CT molecular complexity index is 550. The van der Waals surface area contributed by atoms with Crippen molar-refractivity contribution >= 4 is 33.5 Å². The van der Waals surface area contributed by atoms with Crippen LogP contribution in [0, 0.1) is 0 Å². The summed E-state index contributed by atoms with van der Waals surface area (Å²) in [5, 5.41) is 9.75. The van der Waals surface area contributed by atoms with Gasteiger partial charge in [-0.25, -0.2) is 4.79 Å². The number of hydrogen-bond acceptors (Lipinski definition) is 4. The van der Waals surface area contributed by atoms with Crippen LogP contribution < -0.4 is 4.90 Å². The van der Waals surface area contributed by atoms with E-state index in [1.54, 1.807) is 31.2 Å². The highest BCUT2D eigenvalue weighted by Crippen LogP contribution is 2.26. The van der Waals surface area contributed by atoms with E-state index in [4.69, 9.17) is 4.74 Å². The van der Waals surface area contributed by atoms with E-state index in [2.05, 4.69) is 15.9 Å². The van der Waals surface area contributed by atoms with Crippen molar-refractivity contribution in [2.75, 3.05) is 18.1 Å². The summed E-state index contributed by atoms with van der Waals surface area (Å²) in [4.78, 5) is 25.0. The van der Waals surface area contributed by atoms with Crippen LogP contribution in [0.2, 0.25) is 0 Å². The van der Waals surface area contributed by atoms with Gasteiger partial charge < -0.3 is 14.7 Å². The predicted molar refractivity (Wildman–Crippen MR) is 72.8 cm³/mol. The minimum absolute atomic E-state index is 0.0192. The van der Waals surface area contributed by atoms with Crippen molar-refractivity contribution in [3.8, 4) is 0 Å². The van der Waals surface area contributed by atoms with Crippen molar-refractivity contribution < 1.29 is 19.4 Å². The second-order valence-corrected chi connectivity index (χ2v) is 4.83. The Kier molecular flexibility index (Phi) is 3.90. The molecule has 0 spiro atoms. The molecule has 0 aromatic heterocycles. The third-order valence-electron chi connectivity index (χ3n) is 2.67. The topological polar surface area (TPSA) is 66.8 Å². The Hall–Kier alpha value is -1.82. The number of anilines is 1. The number of carbonyl (C=O) groups is 2. The molecule has 0 saturated carbocycles. The van der Waals surface area contributed by atoms with Crippen LogP contribution in [0.1, 0.15) is 6.92 Å². The number of nitrogens with zero attached hydrogens (tertiary/aromatic N) is 1. The summed E-state index contributed by atoms with van der Waals surface area (Å²) in [5.74, 6) is -1.59. The maximum atomic E-state index is 12.1. The number of halogens is 1. The van der Waals surface area contributed by atoms with Gasteiger partial charge in [0.25, 0.3) is 5.91 Å². The van der Waals surface area contributed by atoms with Gasteiger partial charge in [-0.2, -0.15) is 0 Å². The maximum Gasteiger partial charge on any atom is 0.347 e. The predicted octanol–water partition coefficient (Wildman–Crippen LogP) is 2.17. The van der Waals surface area contributed by atoms with Gasteiger partial charge >= 0.3 is 5.97 Å². The molecule has 0 bridgehead atoms. The third kappa shape index (κ3) is 2.63. The first-order chi connectivity index (χ1) is 9.04. The lowest BCUT2D eigenvalue weighted by Gasteiger charge is -2.16. The first-order valence-electron chi connectivity index (χ1n) is 5.71. The van der Waals surface area contributed by atoms with Gasteiger partial charge in [0, 0.05) is 10.2 Å². The van der Waals surface area contributed by atoms with Crippen LogP contribution in [0.25, 0.3) is 0 Å². The summed E-state index contributed by atoms with van der Waals surface area (Å²) in [6, 6.07) is 7.01. The fraction of sp³-hybridized carbons (Fsp3) is 0.231. The molecule has 0 saturated heterocycles. The average molecular weight is 326 g/mol. The molecule has 19 heavy (non-hydrogen) atoms. The lowest BCUT2D eigenvalue weighted by Crippen LogP contribution is -2.29. The highest BCUT2D eigenvalue weighted by atomic mass is 79.9. The zero-order valence-electron chi connectivity index (χ0n) is 10.2. The number of aliphatic hydroxyl groups is 1. The number of rotatable bonds is 3. The lowest BCUT2D eigenvalue weighted by atomic mass is 10.2. The van der Waals surface area contributed by atoms with Crippen molar-refractivity contribution in [1.82, 2.24) is 0 Å². The van der Waals surface area contributed by atoms with Gasteiger partial charge in [0.15, 0.2) is 5.57 Å². The number of amides is 1. The molecule has 5 nitrogen and oxygen atoms in total. The molecule has 100 valence electrons. The summed E-state index contributed by atoms with van der Waals surface area (Å²) in [5.41, 5.74) is 0.323. The minimum Gasteiger partial charge on any atom is -0.509 e. The number of aliphatic hydroxyl groups excluding tert-OH is 1. The quantitative estimate of drug-likeness (QED) is 0.683. The molecular weight excluding hydrogens is 314 g/mol. The van der Waals surface area contributed by atoms with E-state index in [-0.39, 0.29) is 24.5 Å². The van der Waals surface area contributed by atoms with Crippen molar-refractivity contribution in [3.05, 3.63) is 40.1 Å². The summed E-state index contributed by atoms with van der Waals surface area (Å²) >= 11 is 3.30. The first-order valence-corrected chi connectivity index (χ1v) is 6.50. The van der Waals surface area contributed by atoms with Crippen LogP contribution in [-0.2, 0) is 14.3 Å². The molecule has 0 radical (unpaired) electrons. The van der Waals surface area contributed by atoms with E-state index in [0.717, 1.165) is 4.47 Å². The molecule has 0 aliphatic carbocycles. The highest BCUT2D eigenvalue weighted by Gasteiger charge is 2.36. The Morgan fingerprint density at radius 2 is 2.05 bits per heavy atom. The number of esters is 1. The molecule has 1 N–H and O–H groups in total. The standard InChI is InChI=1S/C13H12BrNO4/c1-2-19-13(18)11-10(16)7-15(12(11)17)9-5-3-8(14)4-6-9/h3-6,16H,2,7H2,1H3. The van der Waals surface area contributed by atoms with Crippen molar-refractivity contribution in [1.29, 1.82) is 0 Å². The lowest BCUT2D eigenvalue weighted by molar-refractivity contribution is -0.139. The molecule has 2 rings (SSSR count). The molecule has 1 aromatic carbocycles. The van der Waals surface area contributed by atoms with Crippen LogP contribution in [0.4, 0.5) is 5.69 Å². The number of carbonyl (C=O) groups excluding carboxylic acids is 2. The fourth-order valence-corrected chi connectivity index (χ4v) is 2.06. The summed E-state index contributed by atoms with van der Waals surface area (Å²) in [6.07, 6.45) is 0. The monoisotopic (exact) mass is 325 g/mol. The van der Waals surface area contributed by atoms with Gasteiger partial charge in [-0.15, -0.1) is 0 Å². The zero-order valence-corrected chi connectivity index (χ0v) is 11.8. The average Bonchev–Trinajstić information content (AvgIpc) is 2.66. The van der Waals surface area contributed by atoms with Crippen LogP contribution in [0.5, 0.6) is 0 Å².